The van der Waals surface area contributed by atoms with E-state index in [1.165, 1.54) is 32.6 Å². The summed E-state index contributed by atoms with van der Waals surface area (Å²) in [6, 6.07) is 0. The third kappa shape index (κ3) is 5.51. The number of carbonyl (C=O) groups is 2. The van der Waals surface area contributed by atoms with Crippen LogP contribution >= 0.6 is 0 Å². The molecule has 0 aliphatic heterocycles. The predicted molar refractivity (Wildman–Crippen MR) is 79.7 cm³/mol. The molecule has 0 saturated carbocycles. The average Bonchev–Trinajstić information content (AvgIpc) is 2.36. The second-order valence-corrected chi connectivity index (χ2v) is 6.26. The van der Waals surface area contributed by atoms with Gasteiger partial charge in [0.05, 0.1) is 0 Å². The topological polar surface area (TPSA) is 74.6 Å². The van der Waals surface area contributed by atoms with Crippen LogP contribution in [0.3, 0.4) is 0 Å². The largest absolute Gasteiger partial charge is 0.480 e. The summed E-state index contributed by atoms with van der Waals surface area (Å²) in [6.07, 6.45) is 7.78. The van der Waals surface area contributed by atoms with E-state index in [1.807, 2.05) is 0 Å². The fourth-order valence-electron chi connectivity index (χ4n) is 2.57. The minimum absolute atomic E-state index is 0.365. The molecule has 4 nitrogen and oxygen atoms in total. The Bertz CT molecular complexity index is 298. The molecule has 0 rings (SSSR count). The second kappa shape index (κ2) is 8.98. The average molecular weight is 286 g/mol. The van der Waals surface area contributed by atoms with Crippen LogP contribution in [0.5, 0.6) is 0 Å². The monoisotopic (exact) mass is 286 g/mol. The molecule has 2 N–H and O–H groups in total. The summed E-state index contributed by atoms with van der Waals surface area (Å²) in [5.41, 5.74) is -1.68. The van der Waals surface area contributed by atoms with Crippen molar-refractivity contribution in [2.45, 2.75) is 72.6 Å². The molecule has 118 valence electrons. The fraction of sp³-hybridized carbons (Fsp3) is 0.875. The molecular formula is C16H30O4. The quantitative estimate of drug-likeness (QED) is 0.441. The highest BCUT2D eigenvalue weighted by molar-refractivity contribution is 5.98. The maximum Gasteiger partial charge on any atom is 0.321 e. The van der Waals surface area contributed by atoms with Crippen LogP contribution in [-0.2, 0) is 9.59 Å². The van der Waals surface area contributed by atoms with Gasteiger partial charge in [0.15, 0.2) is 5.41 Å². The van der Waals surface area contributed by atoms with Gasteiger partial charge < -0.3 is 10.2 Å². The molecule has 2 unspecified atom stereocenters. The molecule has 0 saturated heterocycles. The predicted octanol–water partition coefficient (Wildman–Crippen LogP) is 4.18. The van der Waals surface area contributed by atoms with Crippen molar-refractivity contribution in [1.82, 2.24) is 0 Å². The van der Waals surface area contributed by atoms with E-state index in [-0.39, 0.29) is 5.92 Å². The highest BCUT2D eigenvalue weighted by atomic mass is 16.4. The lowest BCUT2D eigenvalue weighted by Crippen LogP contribution is -2.42. The fourth-order valence-corrected chi connectivity index (χ4v) is 2.57. The molecule has 0 aliphatic carbocycles. The minimum Gasteiger partial charge on any atom is -0.480 e. The molecule has 20 heavy (non-hydrogen) atoms. The van der Waals surface area contributed by atoms with Gasteiger partial charge in [-0.25, -0.2) is 0 Å². The third-order valence-corrected chi connectivity index (χ3v) is 4.43. The summed E-state index contributed by atoms with van der Waals surface area (Å²) in [6.45, 7) is 7.31. The van der Waals surface area contributed by atoms with Crippen molar-refractivity contribution in [2.75, 3.05) is 0 Å². The summed E-state index contributed by atoms with van der Waals surface area (Å²) >= 11 is 0. The molecule has 0 spiro atoms. The van der Waals surface area contributed by atoms with Gasteiger partial charge in [-0.15, -0.1) is 0 Å². The number of aliphatic carboxylic acids is 2. The number of carboxylic acid groups (broad SMARTS) is 2. The first kappa shape index (κ1) is 18.9. The Morgan fingerprint density at radius 3 is 1.95 bits per heavy atom. The van der Waals surface area contributed by atoms with Gasteiger partial charge in [0.25, 0.3) is 0 Å². The molecule has 2 atom stereocenters. The molecule has 0 radical (unpaired) electrons. The number of hydrogen-bond acceptors (Lipinski definition) is 2. The third-order valence-electron chi connectivity index (χ3n) is 4.43. The van der Waals surface area contributed by atoms with Crippen molar-refractivity contribution in [2.24, 2.45) is 17.3 Å². The van der Waals surface area contributed by atoms with E-state index in [0.717, 1.165) is 12.8 Å². The molecule has 0 bridgehead atoms. The first-order chi connectivity index (χ1) is 9.26. The zero-order valence-corrected chi connectivity index (χ0v) is 13.3. The van der Waals surface area contributed by atoms with Crippen LogP contribution in [-0.4, -0.2) is 22.2 Å². The van der Waals surface area contributed by atoms with E-state index in [0.29, 0.717) is 12.3 Å². The SMILES string of the molecule is CCCCCCCC(C)CC(C)C(C)(C(=O)O)C(=O)O. The summed E-state index contributed by atoms with van der Waals surface area (Å²) in [5, 5.41) is 18.4. The van der Waals surface area contributed by atoms with Crippen LogP contribution in [0.2, 0.25) is 0 Å². The Balaban J connectivity index is 4.26. The smallest absolute Gasteiger partial charge is 0.321 e. The van der Waals surface area contributed by atoms with E-state index >= 15 is 0 Å². The van der Waals surface area contributed by atoms with Crippen LogP contribution in [0.25, 0.3) is 0 Å². The van der Waals surface area contributed by atoms with E-state index in [2.05, 4.69) is 13.8 Å². The molecule has 0 aromatic carbocycles. The van der Waals surface area contributed by atoms with Gasteiger partial charge in [0, 0.05) is 0 Å². The second-order valence-electron chi connectivity index (χ2n) is 6.26. The lowest BCUT2D eigenvalue weighted by atomic mass is 9.73. The van der Waals surface area contributed by atoms with Crippen molar-refractivity contribution in [1.29, 1.82) is 0 Å². The van der Waals surface area contributed by atoms with Crippen molar-refractivity contribution in [3.8, 4) is 0 Å². The van der Waals surface area contributed by atoms with Crippen LogP contribution in [0.4, 0.5) is 0 Å². The molecule has 0 fully saturated rings. The van der Waals surface area contributed by atoms with Gasteiger partial charge in [0.1, 0.15) is 0 Å². The Kier molecular flexibility index (Phi) is 8.51. The highest BCUT2D eigenvalue weighted by Gasteiger charge is 2.46. The first-order valence-electron chi connectivity index (χ1n) is 7.73. The zero-order chi connectivity index (χ0) is 15.8. The zero-order valence-electron chi connectivity index (χ0n) is 13.3. The Morgan fingerprint density at radius 2 is 1.50 bits per heavy atom. The lowest BCUT2D eigenvalue weighted by Gasteiger charge is -2.29. The standard InChI is InChI=1S/C16H30O4/c1-5-6-7-8-9-10-12(2)11-13(3)16(4,14(17)18)15(19)20/h12-13H,5-11H2,1-4H3,(H,17,18)(H,19,20). The molecule has 0 aromatic heterocycles. The lowest BCUT2D eigenvalue weighted by molar-refractivity contribution is -0.167. The molecular weight excluding hydrogens is 256 g/mol. The molecule has 0 aliphatic rings. The van der Waals surface area contributed by atoms with Crippen molar-refractivity contribution in [3.05, 3.63) is 0 Å². The van der Waals surface area contributed by atoms with E-state index in [4.69, 9.17) is 0 Å². The van der Waals surface area contributed by atoms with Gasteiger partial charge in [-0.1, -0.05) is 59.3 Å². The van der Waals surface area contributed by atoms with Gasteiger partial charge >= 0.3 is 11.9 Å². The van der Waals surface area contributed by atoms with Gasteiger partial charge in [0.2, 0.25) is 0 Å². The van der Waals surface area contributed by atoms with Gasteiger partial charge in [-0.3, -0.25) is 9.59 Å². The van der Waals surface area contributed by atoms with Crippen LogP contribution in [0, 0.1) is 17.3 Å². The molecule has 0 heterocycles. The molecule has 0 aromatic rings. The first-order valence-corrected chi connectivity index (χ1v) is 7.73. The Morgan fingerprint density at radius 1 is 1.00 bits per heavy atom. The van der Waals surface area contributed by atoms with Crippen LogP contribution < -0.4 is 0 Å². The van der Waals surface area contributed by atoms with E-state index in [1.54, 1.807) is 6.92 Å². The van der Waals surface area contributed by atoms with Crippen molar-refractivity contribution in [3.63, 3.8) is 0 Å². The molecule has 0 amide bonds. The number of carboxylic acids is 2. The van der Waals surface area contributed by atoms with Crippen molar-refractivity contribution >= 4 is 11.9 Å². The van der Waals surface area contributed by atoms with Gasteiger partial charge in [-0.05, 0) is 25.2 Å². The number of unbranched alkanes of at least 4 members (excludes halogenated alkanes) is 4. The summed E-state index contributed by atoms with van der Waals surface area (Å²) in [7, 11) is 0. The summed E-state index contributed by atoms with van der Waals surface area (Å²) in [4.78, 5) is 22.5. The molecule has 4 heteroatoms. The number of hydrogen-bond donors (Lipinski definition) is 2. The minimum atomic E-state index is -1.68. The van der Waals surface area contributed by atoms with E-state index in [9.17, 15) is 19.8 Å². The Hall–Kier alpha value is -1.06. The maximum absolute atomic E-state index is 11.2. The summed E-state index contributed by atoms with van der Waals surface area (Å²) in [5.74, 6) is -2.49. The van der Waals surface area contributed by atoms with Crippen LogP contribution in [0.15, 0.2) is 0 Å². The van der Waals surface area contributed by atoms with Gasteiger partial charge in [-0.2, -0.15) is 0 Å². The maximum atomic E-state index is 11.2. The Labute approximate surface area is 122 Å². The highest BCUT2D eigenvalue weighted by Crippen LogP contribution is 2.34. The van der Waals surface area contributed by atoms with Crippen LogP contribution in [0.1, 0.15) is 72.6 Å². The van der Waals surface area contributed by atoms with E-state index < -0.39 is 17.4 Å². The summed E-state index contributed by atoms with van der Waals surface area (Å²) < 4.78 is 0. The number of rotatable bonds is 11. The normalized spacial score (nSPS) is 14.8. The van der Waals surface area contributed by atoms with Crippen molar-refractivity contribution < 1.29 is 19.8 Å².